The number of likely N-dealkylation sites (tertiary alicyclic amines) is 1. The Kier molecular flexibility index (Phi) is 4.35. The highest BCUT2D eigenvalue weighted by atomic mass is 16.1. The number of hydrogen-bond acceptors (Lipinski definition) is 3. The molecule has 0 radical (unpaired) electrons. The van der Waals surface area contributed by atoms with Gasteiger partial charge in [-0.2, -0.15) is 0 Å². The lowest BCUT2D eigenvalue weighted by molar-refractivity contribution is -0.119. The Morgan fingerprint density at radius 3 is 2.57 bits per heavy atom. The van der Waals surface area contributed by atoms with Gasteiger partial charge >= 0.3 is 0 Å². The van der Waals surface area contributed by atoms with Crippen LogP contribution in [-0.2, 0) is 4.79 Å². The van der Waals surface area contributed by atoms with Gasteiger partial charge in [-0.05, 0) is 45.9 Å². The van der Waals surface area contributed by atoms with Crippen molar-refractivity contribution in [2.24, 2.45) is 11.7 Å². The van der Waals surface area contributed by atoms with Crippen LogP contribution in [0.1, 0.15) is 12.8 Å². The van der Waals surface area contributed by atoms with Gasteiger partial charge in [-0.1, -0.05) is 0 Å². The fourth-order valence-corrected chi connectivity index (χ4v) is 2.02. The van der Waals surface area contributed by atoms with E-state index in [0.717, 1.165) is 12.5 Å². The quantitative estimate of drug-likeness (QED) is 0.679. The molecule has 0 aromatic heterocycles. The van der Waals surface area contributed by atoms with E-state index in [1.54, 1.807) is 0 Å². The van der Waals surface area contributed by atoms with E-state index in [2.05, 4.69) is 11.9 Å². The van der Waals surface area contributed by atoms with Crippen molar-refractivity contribution in [3.8, 4) is 0 Å². The summed E-state index contributed by atoms with van der Waals surface area (Å²) in [5, 5.41) is 0. The third kappa shape index (κ3) is 4.07. The van der Waals surface area contributed by atoms with Crippen LogP contribution < -0.4 is 5.73 Å². The maximum absolute atomic E-state index is 10.7. The monoisotopic (exact) mass is 199 g/mol. The summed E-state index contributed by atoms with van der Waals surface area (Å²) in [7, 11) is 4.12. The number of nitrogens with two attached hydrogens (primary N) is 1. The zero-order valence-corrected chi connectivity index (χ0v) is 9.20. The average molecular weight is 199 g/mol. The first-order chi connectivity index (χ1) is 6.58. The largest absolute Gasteiger partial charge is 0.369 e. The van der Waals surface area contributed by atoms with Gasteiger partial charge in [-0.3, -0.25) is 9.69 Å². The second-order valence-corrected chi connectivity index (χ2v) is 4.41. The molecular weight excluding hydrogens is 178 g/mol. The first-order valence-corrected chi connectivity index (χ1v) is 5.23. The number of carbonyl (C=O) groups is 1. The van der Waals surface area contributed by atoms with Crippen molar-refractivity contribution in [3.63, 3.8) is 0 Å². The second-order valence-electron chi connectivity index (χ2n) is 4.41. The predicted octanol–water partition coefficient (Wildman–Crippen LogP) is -0.255. The normalized spacial score (nSPS) is 20.2. The van der Waals surface area contributed by atoms with Gasteiger partial charge < -0.3 is 10.6 Å². The topological polar surface area (TPSA) is 49.6 Å². The number of rotatable bonds is 4. The first-order valence-electron chi connectivity index (χ1n) is 5.23. The van der Waals surface area contributed by atoms with Gasteiger partial charge in [0.25, 0.3) is 0 Å². The summed E-state index contributed by atoms with van der Waals surface area (Å²) in [6.07, 6.45) is 2.47. The summed E-state index contributed by atoms with van der Waals surface area (Å²) < 4.78 is 0. The molecule has 4 heteroatoms. The first kappa shape index (κ1) is 11.5. The average Bonchev–Trinajstić information content (AvgIpc) is 2.07. The fraction of sp³-hybridized carbons (Fsp3) is 0.900. The number of primary amides is 1. The highest BCUT2D eigenvalue weighted by molar-refractivity contribution is 5.75. The lowest BCUT2D eigenvalue weighted by atomic mass is 9.97. The molecule has 1 amide bonds. The molecule has 0 bridgehead atoms. The third-order valence-corrected chi connectivity index (χ3v) is 2.83. The van der Waals surface area contributed by atoms with E-state index >= 15 is 0 Å². The summed E-state index contributed by atoms with van der Waals surface area (Å²) in [6.45, 7) is 3.73. The molecule has 1 fully saturated rings. The molecule has 1 rings (SSSR count). The minimum atomic E-state index is -0.236. The van der Waals surface area contributed by atoms with Gasteiger partial charge in [0, 0.05) is 6.54 Å². The van der Waals surface area contributed by atoms with Crippen LogP contribution in [0.15, 0.2) is 0 Å². The summed E-state index contributed by atoms with van der Waals surface area (Å²) in [5.74, 6) is 0.496. The van der Waals surface area contributed by atoms with Crippen molar-refractivity contribution >= 4 is 5.91 Å². The summed E-state index contributed by atoms with van der Waals surface area (Å²) in [6, 6.07) is 0. The van der Waals surface area contributed by atoms with Crippen molar-refractivity contribution < 1.29 is 4.79 Å². The minimum Gasteiger partial charge on any atom is -0.369 e. The molecule has 0 saturated carbocycles. The maximum Gasteiger partial charge on any atom is 0.231 e. The molecule has 82 valence electrons. The van der Waals surface area contributed by atoms with Gasteiger partial charge in [-0.25, -0.2) is 0 Å². The van der Waals surface area contributed by atoms with Crippen molar-refractivity contribution in [1.29, 1.82) is 0 Å². The Hall–Kier alpha value is -0.610. The smallest absolute Gasteiger partial charge is 0.231 e. The van der Waals surface area contributed by atoms with Crippen molar-refractivity contribution in [2.75, 3.05) is 40.3 Å². The molecule has 4 nitrogen and oxygen atoms in total. The van der Waals surface area contributed by atoms with Gasteiger partial charge in [-0.15, -0.1) is 0 Å². The minimum absolute atomic E-state index is 0.236. The number of carbonyl (C=O) groups excluding carboxylic acids is 1. The zero-order chi connectivity index (χ0) is 10.6. The Morgan fingerprint density at radius 1 is 1.50 bits per heavy atom. The van der Waals surface area contributed by atoms with E-state index in [-0.39, 0.29) is 5.91 Å². The lowest BCUT2D eigenvalue weighted by Gasteiger charge is -2.31. The molecule has 2 N–H and O–H groups in total. The van der Waals surface area contributed by atoms with E-state index in [1.165, 1.54) is 25.9 Å². The van der Waals surface area contributed by atoms with Crippen molar-refractivity contribution in [3.05, 3.63) is 0 Å². The van der Waals surface area contributed by atoms with Crippen molar-refractivity contribution in [1.82, 2.24) is 9.80 Å². The molecule has 1 aliphatic rings. The third-order valence-electron chi connectivity index (χ3n) is 2.83. The summed E-state index contributed by atoms with van der Waals surface area (Å²) in [5.41, 5.74) is 5.13. The molecule has 0 aromatic carbocycles. The van der Waals surface area contributed by atoms with E-state index < -0.39 is 0 Å². The van der Waals surface area contributed by atoms with E-state index in [4.69, 9.17) is 5.73 Å². The molecule has 0 atom stereocenters. The van der Waals surface area contributed by atoms with Crippen molar-refractivity contribution in [2.45, 2.75) is 12.8 Å². The standard InChI is InChI=1S/C10H21N3O/c1-12-5-3-9(4-6-12)7-13(2)8-10(11)14/h9H,3-8H2,1-2H3,(H2,11,14). The molecular formula is C10H21N3O. The molecule has 0 aliphatic carbocycles. The van der Waals surface area contributed by atoms with Crippen LogP contribution in [0.25, 0.3) is 0 Å². The van der Waals surface area contributed by atoms with Crippen LogP contribution in [0.4, 0.5) is 0 Å². The number of amides is 1. The van der Waals surface area contributed by atoms with E-state index in [0.29, 0.717) is 6.54 Å². The van der Waals surface area contributed by atoms with Crippen LogP contribution >= 0.6 is 0 Å². The molecule has 0 spiro atoms. The Morgan fingerprint density at radius 2 is 2.07 bits per heavy atom. The predicted molar refractivity (Wildman–Crippen MR) is 56.9 cm³/mol. The van der Waals surface area contributed by atoms with Gasteiger partial charge in [0.15, 0.2) is 0 Å². The molecule has 14 heavy (non-hydrogen) atoms. The highest BCUT2D eigenvalue weighted by Gasteiger charge is 2.18. The van der Waals surface area contributed by atoms with Gasteiger partial charge in [0.1, 0.15) is 0 Å². The molecule has 1 heterocycles. The van der Waals surface area contributed by atoms with Crippen LogP contribution in [0.2, 0.25) is 0 Å². The SMILES string of the molecule is CN1CCC(CN(C)CC(N)=O)CC1. The second kappa shape index (κ2) is 5.32. The number of hydrogen-bond donors (Lipinski definition) is 1. The Balaban J connectivity index is 2.20. The molecule has 0 aromatic rings. The van der Waals surface area contributed by atoms with Gasteiger partial charge in [0.05, 0.1) is 6.54 Å². The van der Waals surface area contributed by atoms with Gasteiger partial charge in [0.2, 0.25) is 5.91 Å². The maximum atomic E-state index is 10.7. The number of piperidine rings is 1. The highest BCUT2D eigenvalue weighted by Crippen LogP contribution is 2.16. The van der Waals surface area contributed by atoms with Crippen LogP contribution in [-0.4, -0.2) is 56.0 Å². The fourth-order valence-electron chi connectivity index (χ4n) is 2.02. The molecule has 1 saturated heterocycles. The number of likely N-dealkylation sites (N-methyl/N-ethyl adjacent to an activating group) is 1. The lowest BCUT2D eigenvalue weighted by Crippen LogP contribution is -2.38. The molecule has 1 aliphatic heterocycles. The summed E-state index contributed by atoms with van der Waals surface area (Å²) in [4.78, 5) is 15.1. The van der Waals surface area contributed by atoms with Crippen LogP contribution in [0, 0.1) is 5.92 Å². The van der Waals surface area contributed by atoms with Crippen LogP contribution in [0.5, 0.6) is 0 Å². The number of nitrogens with zero attached hydrogens (tertiary/aromatic N) is 2. The Bertz CT molecular complexity index is 188. The van der Waals surface area contributed by atoms with Crippen LogP contribution in [0.3, 0.4) is 0 Å². The van der Waals surface area contributed by atoms with E-state index in [1.807, 2.05) is 11.9 Å². The summed E-state index contributed by atoms with van der Waals surface area (Å²) >= 11 is 0. The molecule has 0 unspecified atom stereocenters. The Labute approximate surface area is 86.0 Å². The van der Waals surface area contributed by atoms with E-state index in [9.17, 15) is 4.79 Å². The zero-order valence-electron chi connectivity index (χ0n) is 9.20.